The van der Waals surface area contributed by atoms with Crippen LogP contribution in [0.25, 0.3) is 22.0 Å². The third-order valence-corrected chi connectivity index (χ3v) is 6.17. The fourth-order valence-corrected chi connectivity index (χ4v) is 4.33. The largest absolute Gasteiger partial charge is 0.586 e. The van der Waals surface area contributed by atoms with E-state index >= 15 is 0 Å². The first-order valence-electron chi connectivity index (χ1n) is 10.6. The van der Waals surface area contributed by atoms with E-state index in [2.05, 4.69) is 14.8 Å². The molecule has 6 rings (SSSR count). The zero-order valence-electron chi connectivity index (χ0n) is 17.3. The summed E-state index contributed by atoms with van der Waals surface area (Å²) in [5, 5.41) is 4.90. The number of fused-ring (bicyclic) bond motifs is 2. The Morgan fingerprint density at radius 1 is 0.909 bits per heavy atom. The molecule has 1 amide bonds. The van der Waals surface area contributed by atoms with Crippen molar-refractivity contribution in [3.63, 3.8) is 0 Å². The Hall–Kier alpha value is -4.00. The number of aromatic nitrogens is 1. The summed E-state index contributed by atoms with van der Waals surface area (Å²) < 4.78 is 35.8. The Balaban J connectivity index is 0.00000241. The van der Waals surface area contributed by atoms with Crippen LogP contribution in [0.2, 0.25) is 0 Å². The van der Waals surface area contributed by atoms with Gasteiger partial charge in [0.1, 0.15) is 5.82 Å². The van der Waals surface area contributed by atoms with Gasteiger partial charge in [0, 0.05) is 12.4 Å². The fraction of sp³-hybridized carbons (Fsp3) is 0.154. The second kappa shape index (κ2) is 7.00. The Morgan fingerprint density at radius 2 is 1.64 bits per heavy atom. The van der Waals surface area contributed by atoms with E-state index in [4.69, 9.17) is 4.98 Å². The van der Waals surface area contributed by atoms with Crippen LogP contribution in [-0.4, -0.2) is 17.2 Å². The van der Waals surface area contributed by atoms with Crippen molar-refractivity contribution in [3.05, 3.63) is 84.4 Å². The van der Waals surface area contributed by atoms with Gasteiger partial charge in [-0.3, -0.25) is 4.79 Å². The number of nitrogens with one attached hydrogen (secondary N) is 1. The van der Waals surface area contributed by atoms with Gasteiger partial charge in [0.2, 0.25) is 5.91 Å². The number of rotatable bonds is 4. The predicted octanol–water partition coefficient (Wildman–Crippen LogP) is 6.14. The summed E-state index contributed by atoms with van der Waals surface area (Å²) >= 11 is 0. The number of amides is 1. The molecule has 1 N–H and O–H groups in total. The highest BCUT2D eigenvalue weighted by Crippen LogP contribution is 2.52. The van der Waals surface area contributed by atoms with Crippen LogP contribution in [0.3, 0.4) is 0 Å². The van der Waals surface area contributed by atoms with E-state index < -0.39 is 11.7 Å². The summed E-state index contributed by atoms with van der Waals surface area (Å²) in [5.74, 6) is 0.112. The summed E-state index contributed by atoms with van der Waals surface area (Å²) in [4.78, 5) is 18.1. The van der Waals surface area contributed by atoms with Crippen LogP contribution < -0.4 is 14.8 Å². The minimum Gasteiger partial charge on any atom is -0.395 e. The van der Waals surface area contributed by atoms with Crippen molar-refractivity contribution in [1.82, 2.24) is 4.98 Å². The van der Waals surface area contributed by atoms with Crippen LogP contribution in [-0.2, 0) is 10.2 Å². The first-order valence-corrected chi connectivity index (χ1v) is 10.6. The highest BCUT2D eigenvalue weighted by atomic mass is 19.3. The van der Waals surface area contributed by atoms with Crippen molar-refractivity contribution in [2.75, 3.05) is 5.32 Å². The molecule has 33 heavy (non-hydrogen) atoms. The molecule has 7 heteroatoms. The SMILES string of the molecule is O=C(Nc1cc2ccccc2c(-c2ccccc2)n1)C1(c2ccc3c(c2)OC(F)(F)O3)CC1.[HH]. The fourth-order valence-electron chi connectivity index (χ4n) is 4.33. The highest BCUT2D eigenvalue weighted by Gasteiger charge is 2.53. The van der Waals surface area contributed by atoms with E-state index in [9.17, 15) is 13.6 Å². The molecule has 2 heterocycles. The van der Waals surface area contributed by atoms with Gasteiger partial charge in [0.25, 0.3) is 0 Å². The number of hydrogen-bond acceptors (Lipinski definition) is 4. The van der Waals surface area contributed by atoms with Crippen LogP contribution in [0, 0.1) is 0 Å². The highest BCUT2D eigenvalue weighted by molar-refractivity contribution is 6.03. The second-order valence-electron chi connectivity index (χ2n) is 8.31. The molecule has 1 aliphatic heterocycles. The van der Waals surface area contributed by atoms with Gasteiger partial charge in [-0.05, 0) is 42.0 Å². The molecule has 1 saturated carbocycles. The van der Waals surface area contributed by atoms with Crippen LogP contribution in [0.15, 0.2) is 78.9 Å². The number of hydrogen-bond donors (Lipinski definition) is 1. The van der Waals surface area contributed by atoms with Gasteiger partial charge in [-0.1, -0.05) is 60.7 Å². The van der Waals surface area contributed by atoms with E-state index in [1.54, 1.807) is 6.07 Å². The predicted molar refractivity (Wildman–Crippen MR) is 121 cm³/mol. The van der Waals surface area contributed by atoms with Crippen molar-refractivity contribution in [1.29, 1.82) is 0 Å². The van der Waals surface area contributed by atoms with Gasteiger partial charge in [0.15, 0.2) is 11.5 Å². The first kappa shape index (κ1) is 19.7. The van der Waals surface area contributed by atoms with Crippen LogP contribution in [0.4, 0.5) is 14.6 Å². The summed E-state index contributed by atoms with van der Waals surface area (Å²) in [7, 11) is 0. The Morgan fingerprint density at radius 3 is 2.42 bits per heavy atom. The molecular formula is C26H20F2N2O3. The Kier molecular flexibility index (Phi) is 4.17. The number of carbonyl (C=O) groups is 1. The van der Waals surface area contributed by atoms with E-state index in [1.165, 1.54) is 12.1 Å². The van der Waals surface area contributed by atoms with Gasteiger partial charge in [-0.2, -0.15) is 0 Å². The van der Waals surface area contributed by atoms with Crippen molar-refractivity contribution in [2.24, 2.45) is 0 Å². The maximum atomic E-state index is 13.4. The molecule has 0 radical (unpaired) electrons. The number of anilines is 1. The maximum absolute atomic E-state index is 13.4. The van der Waals surface area contributed by atoms with Crippen molar-refractivity contribution < 1.29 is 24.5 Å². The lowest BCUT2D eigenvalue weighted by Gasteiger charge is -2.17. The lowest BCUT2D eigenvalue weighted by atomic mass is 9.94. The summed E-state index contributed by atoms with van der Waals surface area (Å²) in [6.45, 7) is 0. The monoisotopic (exact) mass is 446 g/mol. The smallest absolute Gasteiger partial charge is 0.395 e. The first-order chi connectivity index (χ1) is 15.9. The third-order valence-electron chi connectivity index (χ3n) is 6.17. The van der Waals surface area contributed by atoms with Crippen molar-refractivity contribution >= 4 is 22.5 Å². The van der Waals surface area contributed by atoms with Crippen LogP contribution >= 0.6 is 0 Å². The van der Waals surface area contributed by atoms with E-state index in [1.807, 2.05) is 60.7 Å². The number of benzene rings is 3. The summed E-state index contributed by atoms with van der Waals surface area (Å²) in [6, 6.07) is 24.0. The molecule has 2 aliphatic rings. The minimum atomic E-state index is -3.69. The molecule has 4 aromatic rings. The molecule has 0 saturated heterocycles. The Bertz CT molecular complexity index is 1410. The standard InChI is InChI=1S/C26H18F2N2O3.H2/c27-26(28)32-20-11-10-18(15-21(20)33-26)25(12-13-25)24(31)30-22-14-17-8-4-5-9-19(17)23(29-22)16-6-2-1-3-7-16;/h1-11,14-15H,12-13H2,(H,29,30,31);1H. The maximum Gasteiger partial charge on any atom is 0.586 e. The van der Waals surface area contributed by atoms with Gasteiger partial charge < -0.3 is 14.8 Å². The number of carbonyl (C=O) groups excluding carboxylic acids is 1. The van der Waals surface area contributed by atoms with Gasteiger partial charge in [-0.25, -0.2) is 4.98 Å². The average Bonchev–Trinajstić information content (AvgIpc) is 3.56. The molecule has 1 aliphatic carbocycles. The Labute approximate surface area is 189 Å². The quantitative estimate of drug-likeness (QED) is 0.409. The molecule has 1 aromatic heterocycles. The molecule has 0 atom stereocenters. The zero-order valence-corrected chi connectivity index (χ0v) is 17.3. The molecule has 0 bridgehead atoms. The molecule has 0 unspecified atom stereocenters. The number of nitrogens with zero attached hydrogens (tertiary/aromatic N) is 1. The average molecular weight is 446 g/mol. The van der Waals surface area contributed by atoms with Crippen molar-refractivity contribution in [3.8, 4) is 22.8 Å². The lowest BCUT2D eigenvalue weighted by Crippen LogP contribution is -2.28. The summed E-state index contributed by atoms with van der Waals surface area (Å²) in [5.41, 5.74) is 1.53. The van der Waals surface area contributed by atoms with Gasteiger partial charge in [0.05, 0.1) is 11.1 Å². The minimum absolute atomic E-state index is 0. The molecule has 166 valence electrons. The zero-order chi connectivity index (χ0) is 22.6. The molecule has 1 fully saturated rings. The number of ether oxygens (including phenoxy) is 2. The van der Waals surface area contributed by atoms with E-state index in [0.717, 1.165) is 22.0 Å². The van der Waals surface area contributed by atoms with Gasteiger partial charge in [-0.15, -0.1) is 8.78 Å². The van der Waals surface area contributed by atoms with Crippen LogP contribution in [0.5, 0.6) is 11.5 Å². The van der Waals surface area contributed by atoms with Crippen LogP contribution in [0.1, 0.15) is 19.8 Å². The number of halogens is 2. The lowest BCUT2D eigenvalue weighted by molar-refractivity contribution is -0.286. The molecule has 0 spiro atoms. The van der Waals surface area contributed by atoms with Crippen molar-refractivity contribution in [2.45, 2.75) is 24.6 Å². The number of alkyl halides is 2. The van der Waals surface area contributed by atoms with E-state index in [0.29, 0.717) is 24.2 Å². The summed E-state index contributed by atoms with van der Waals surface area (Å²) in [6.07, 6.45) is -2.48. The molecule has 5 nitrogen and oxygen atoms in total. The molecule has 3 aromatic carbocycles. The third kappa shape index (κ3) is 3.36. The number of pyridine rings is 1. The molecular weight excluding hydrogens is 426 g/mol. The topological polar surface area (TPSA) is 60.5 Å². The van der Waals surface area contributed by atoms with E-state index in [-0.39, 0.29) is 18.8 Å². The van der Waals surface area contributed by atoms with Gasteiger partial charge >= 0.3 is 6.29 Å². The second-order valence-corrected chi connectivity index (χ2v) is 8.31. The normalized spacial score (nSPS) is 17.0.